The molecular weight excluding hydrogens is 262 g/mol. The molecule has 0 aliphatic heterocycles. The first-order chi connectivity index (χ1) is 9.06. The molecule has 1 amide bonds. The molecule has 0 saturated carbocycles. The summed E-state index contributed by atoms with van der Waals surface area (Å²) in [5.41, 5.74) is 0. The number of hydrogen-bond donors (Lipinski definition) is 2. The van der Waals surface area contributed by atoms with E-state index in [1.807, 2.05) is 0 Å². The summed E-state index contributed by atoms with van der Waals surface area (Å²) in [5.74, 6) is -0.0884. The number of nitrogens with one attached hydrogen (secondary N) is 1. The van der Waals surface area contributed by atoms with Crippen LogP contribution in [0.2, 0.25) is 0 Å². The van der Waals surface area contributed by atoms with E-state index in [0.717, 1.165) is 11.8 Å². The van der Waals surface area contributed by atoms with Crippen LogP contribution >= 0.6 is 11.8 Å². The van der Waals surface area contributed by atoms with E-state index in [-0.39, 0.29) is 11.0 Å². The Morgan fingerprint density at radius 3 is 2.63 bits per heavy atom. The van der Waals surface area contributed by atoms with E-state index in [1.54, 1.807) is 13.0 Å². The van der Waals surface area contributed by atoms with Crippen LogP contribution in [0.3, 0.4) is 0 Å². The quantitative estimate of drug-likeness (QED) is 0.475. The first kappa shape index (κ1) is 17.9. The molecule has 4 nitrogen and oxygen atoms in total. The Hall–Kier alpha value is -1.07. The van der Waals surface area contributed by atoms with E-state index < -0.39 is 12.0 Å². The average Bonchev–Trinajstić information content (AvgIpc) is 2.41. The van der Waals surface area contributed by atoms with Crippen molar-refractivity contribution in [2.24, 2.45) is 5.92 Å². The molecular formula is C14H23NO3S. The molecule has 5 heteroatoms. The van der Waals surface area contributed by atoms with Gasteiger partial charge in [-0.2, -0.15) is 0 Å². The second-order valence-corrected chi connectivity index (χ2v) is 5.17. The fraction of sp³-hybridized carbons (Fsp3) is 0.571. The number of aliphatic hydroxyl groups is 1. The fourth-order valence-corrected chi connectivity index (χ4v) is 2.29. The third-order valence-corrected chi connectivity index (χ3v) is 3.56. The van der Waals surface area contributed by atoms with Crippen molar-refractivity contribution in [1.82, 2.24) is 5.32 Å². The molecule has 0 aromatic rings. The van der Waals surface area contributed by atoms with Gasteiger partial charge in [0.1, 0.15) is 0 Å². The van der Waals surface area contributed by atoms with Crippen molar-refractivity contribution in [2.75, 3.05) is 12.3 Å². The molecule has 108 valence electrons. The van der Waals surface area contributed by atoms with Crippen molar-refractivity contribution < 1.29 is 14.7 Å². The predicted molar refractivity (Wildman–Crippen MR) is 79.9 cm³/mol. The fourth-order valence-electron chi connectivity index (χ4n) is 1.44. The van der Waals surface area contributed by atoms with Gasteiger partial charge in [0.15, 0.2) is 5.12 Å². The first-order valence-corrected chi connectivity index (χ1v) is 7.40. The van der Waals surface area contributed by atoms with Crippen molar-refractivity contribution in [3.63, 3.8) is 0 Å². The molecule has 0 saturated heterocycles. The summed E-state index contributed by atoms with van der Waals surface area (Å²) in [4.78, 5) is 22.9. The Labute approximate surface area is 119 Å². The highest BCUT2D eigenvalue weighted by Crippen LogP contribution is 2.19. The molecule has 0 fully saturated rings. The number of rotatable bonds is 10. The van der Waals surface area contributed by atoms with Gasteiger partial charge in [-0.15, -0.1) is 13.2 Å². The van der Waals surface area contributed by atoms with Gasteiger partial charge in [-0.25, -0.2) is 0 Å². The molecule has 0 radical (unpaired) electrons. The summed E-state index contributed by atoms with van der Waals surface area (Å²) in [7, 11) is 0. The van der Waals surface area contributed by atoms with E-state index in [4.69, 9.17) is 0 Å². The lowest BCUT2D eigenvalue weighted by Gasteiger charge is -2.17. The number of hydrogen-bond acceptors (Lipinski definition) is 4. The summed E-state index contributed by atoms with van der Waals surface area (Å²) in [5, 5.41) is 12.5. The maximum atomic E-state index is 11.9. The average molecular weight is 285 g/mol. The molecule has 0 heterocycles. The highest BCUT2D eigenvalue weighted by Gasteiger charge is 2.23. The van der Waals surface area contributed by atoms with E-state index in [1.165, 1.54) is 6.08 Å². The normalized spacial score (nSPS) is 13.4. The van der Waals surface area contributed by atoms with Gasteiger partial charge >= 0.3 is 0 Å². The van der Waals surface area contributed by atoms with E-state index >= 15 is 0 Å². The first-order valence-electron chi connectivity index (χ1n) is 6.41. The van der Waals surface area contributed by atoms with Gasteiger partial charge in [0.2, 0.25) is 5.91 Å². The van der Waals surface area contributed by atoms with Crippen LogP contribution in [-0.2, 0) is 9.59 Å². The minimum absolute atomic E-state index is 0.0284. The number of aliphatic hydroxyl groups excluding tert-OH is 1. The van der Waals surface area contributed by atoms with Crippen LogP contribution in [0.5, 0.6) is 0 Å². The largest absolute Gasteiger partial charge is 0.392 e. The summed E-state index contributed by atoms with van der Waals surface area (Å²) < 4.78 is 0. The SMILES string of the molecule is C=CCC[C@@H](O)[C@H](C=C)C(=O)SCCNC(=O)CC. The molecule has 0 aliphatic carbocycles. The number of carbonyl (C=O) groups is 2. The zero-order valence-corrected chi connectivity index (χ0v) is 12.2. The topological polar surface area (TPSA) is 66.4 Å². The van der Waals surface area contributed by atoms with Gasteiger partial charge < -0.3 is 10.4 Å². The van der Waals surface area contributed by atoms with Gasteiger partial charge in [0.05, 0.1) is 12.0 Å². The highest BCUT2D eigenvalue weighted by atomic mass is 32.2. The summed E-state index contributed by atoms with van der Waals surface area (Å²) in [6.07, 6.45) is 4.07. The van der Waals surface area contributed by atoms with Crippen molar-refractivity contribution in [3.05, 3.63) is 25.3 Å². The van der Waals surface area contributed by atoms with Gasteiger partial charge in [-0.05, 0) is 12.8 Å². The van der Waals surface area contributed by atoms with Gasteiger partial charge in [0, 0.05) is 18.7 Å². The van der Waals surface area contributed by atoms with Crippen LogP contribution in [-0.4, -0.2) is 34.5 Å². The molecule has 2 N–H and O–H groups in total. The summed E-state index contributed by atoms with van der Waals surface area (Å²) in [6, 6.07) is 0. The van der Waals surface area contributed by atoms with E-state index in [9.17, 15) is 14.7 Å². The van der Waals surface area contributed by atoms with Gasteiger partial charge in [-0.3, -0.25) is 9.59 Å². The van der Waals surface area contributed by atoms with Crippen LogP contribution < -0.4 is 5.32 Å². The van der Waals surface area contributed by atoms with Crippen LogP contribution in [0.4, 0.5) is 0 Å². The minimum Gasteiger partial charge on any atom is -0.392 e. The molecule has 0 spiro atoms. The van der Waals surface area contributed by atoms with Gasteiger partial charge in [0.25, 0.3) is 0 Å². The van der Waals surface area contributed by atoms with E-state index in [2.05, 4.69) is 18.5 Å². The Morgan fingerprint density at radius 2 is 2.11 bits per heavy atom. The zero-order valence-electron chi connectivity index (χ0n) is 11.4. The third kappa shape index (κ3) is 7.85. The van der Waals surface area contributed by atoms with Crippen molar-refractivity contribution in [3.8, 4) is 0 Å². The monoisotopic (exact) mass is 285 g/mol. The minimum atomic E-state index is -0.722. The molecule has 0 aromatic heterocycles. The molecule has 0 rings (SSSR count). The molecule has 0 aromatic carbocycles. The lowest BCUT2D eigenvalue weighted by molar-refractivity contribution is -0.120. The smallest absolute Gasteiger partial charge is 0.219 e. The number of allylic oxidation sites excluding steroid dienone is 1. The molecule has 2 atom stereocenters. The van der Waals surface area contributed by atoms with Crippen molar-refractivity contribution >= 4 is 22.8 Å². The van der Waals surface area contributed by atoms with Crippen LogP contribution in [0.25, 0.3) is 0 Å². The standard InChI is InChI=1S/C14H23NO3S/c1-4-7-8-12(16)11(5-2)14(18)19-10-9-15-13(17)6-3/h4-5,11-12,16H,1-2,6-10H2,3H3,(H,15,17)/t11-,12+/m0/s1. The number of thioether (sulfide) groups is 1. The van der Waals surface area contributed by atoms with Crippen molar-refractivity contribution in [2.45, 2.75) is 32.3 Å². The Balaban J connectivity index is 4.03. The zero-order chi connectivity index (χ0) is 14.7. The maximum absolute atomic E-state index is 11.9. The Kier molecular flexibility index (Phi) is 10.2. The lowest BCUT2D eigenvalue weighted by Crippen LogP contribution is -2.27. The second kappa shape index (κ2) is 10.8. The molecule has 0 bridgehead atoms. The maximum Gasteiger partial charge on any atom is 0.219 e. The molecule has 0 unspecified atom stereocenters. The van der Waals surface area contributed by atoms with Crippen LogP contribution in [0, 0.1) is 5.92 Å². The van der Waals surface area contributed by atoms with Crippen LogP contribution in [0.1, 0.15) is 26.2 Å². The Bertz CT molecular complexity index is 318. The van der Waals surface area contributed by atoms with Crippen molar-refractivity contribution in [1.29, 1.82) is 0 Å². The Morgan fingerprint density at radius 1 is 1.42 bits per heavy atom. The van der Waals surface area contributed by atoms with Gasteiger partial charge in [-0.1, -0.05) is 30.8 Å². The third-order valence-electron chi connectivity index (χ3n) is 2.60. The second-order valence-electron chi connectivity index (χ2n) is 4.07. The summed E-state index contributed by atoms with van der Waals surface area (Å²) in [6.45, 7) is 9.40. The summed E-state index contributed by atoms with van der Waals surface area (Å²) >= 11 is 1.11. The molecule has 0 aliphatic rings. The predicted octanol–water partition coefficient (Wildman–Crippen LogP) is 1.90. The van der Waals surface area contributed by atoms with Crippen LogP contribution in [0.15, 0.2) is 25.3 Å². The van der Waals surface area contributed by atoms with E-state index in [0.29, 0.717) is 31.6 Å². The number of carbonyl (C=O) groups excluding carboxylic acids is 2. The molecule has 19 heavy (non-hydrogen) atoms. The lowest BCUT2D eigenvalue weighted by atomic mass is 10.00. The highest BCUT2D eigenvalue weighted by molar-refractivity contribution is 8.13. The number of amides is 1.